The number of nitrogens with one attached hydrogen (secondary N) is 1. The fourth-order valence-electron chi connectivity index (χ4n) is 3.28. The van der Waals surface area contributed by atoms with Gasteiger partial charge in [-0.1, -0.05) is 20.3 Å². The molecule has 8 nitrogen and oxygen atoms in total. The normalized spacial score (nSPS) is 12.0. The van der Waals surface area contributed by atoms with Crippen molar-refractivity contribution in [2.45, 2.75) is 46.1 Å². The molecule has 0 radical (unpaired) electrons. The van der Waals surface area contributed by atoms with Crippen LogP contribution in [0.1, 0.15) is 36.3 Å². The van der Waals surface area contributed by atoms with E-state index in [1.54, 1.807) is 11.3 Å². The van der Waals surface area contributed by atoms with Gasteiger partial charge in [0.25, 0.3) is 5.89 Å². The summed E-state index contributed by atoms with van der Waals surface area (Å²) in [5.74, 6) is 1.10. The van der Waals surface area contributed by atoms with Crippen LogP contribution in [0.15, 0.2) is 28.7 Å². The van der Waals surface area contributed by atoms with Crippen molar-refractivity contribution in [3.8, 4) is 28.0 Å². The van der Waals surface area contributed by atoms with Crippen LogP contribution in [0.2, 0.25) is 0 Å². The minimum atomic E-state index is -0.892. The van der Waals surface area contributed by atoms with E-state index in [2.05, 4.69) is 28.5 Å². The Hall–Kier alpha value is -2.75. The van der Waals surface area contributed by atoms with Crippen LogP contribution >= 0.6 is 11.3 Å². The van der Waals surface area contributed by atoms with E-state index in [4.69, 9.17) is 14.3 Å². The Balaban J connectivity index is 1.73. The number of aliphatic hydroxyl groups excluding tert-OH is 2. The van der Waals surface area contributed by atoms with Gasteiger partial charge in [-0.3, -0.25) is 4.79 Å². The van der Waals surface area contributed by atoms with Crippen molar-refractivity contribution in [1.82, 2.24) is 15.5 Å². The molecular formula is C23H29N3O5S. The summed E-state index contributed by atoms with van der Waals surface area (Å²) in [5, 5.41) is 29.6. The molecule has 1 aromatic carbocycles. The molecule has 0 spiro atoms. The van der Waals surface area contributed by atoms with Crippen LogP contribution in [0.4, 0.5) is 0 Å². The molecule has 0 aliphatic carbocycles. The number of nitrogens with zero attached hydrogens (tertiary/aromatic N) is 2. The highest BCUT2D eigenvalue weighted by Gasteiger charge is 2.17. The number of carbonyl (C=O) groups excluding carboxylic acids is 1. The topological polar surface area (TPSA) is 118 Å². The molecule has 0 unspecified atom stereocenters. The summed E-state index contributed by atoms with van der Waals surface area (Å²) in [6.45, 7) is 5.50. The Bertz CT molecular complexity index is 1050. The van der Waals surface area contributed by atoms with E-state index < -0.39 is 18.6 Å². The summed E-state index contributed by atoms with van der Waals surface area (Å²) in [7, 11) is 0. The molecule has 1 atom stereocenters. The molecule has 32 heavy (non-hydrogen) atoms. The predicted molar refractivity (Wildman–Crippen MR) is 123 cm³/mol. The zero-order chi connectivity index (χ0) is 23.1. The lowest BCUT2D eigenvalue weighted by Gasteiger charge is -2.17. The van der Waals surface area contributed by atoms with Crippen LogP contribution in [-0.2, 0) is 17.6 Å². The predicted octanol–water partition coefficient (Wildman–Crippen LogP) is 3.14. The fourth-order valence-corrected chi connectivity index (χ4v) is 4.31. The van der Waals surface area contributed by atoms with Crippen molar-refractivity contribution in [3.63, 3.8) is 0 Å². The van der Waals surface area contributed by atoms with Gasteiger partial charge in [-0.15, -0.1) is 21.5 Å². The number of aryl methyl sites for hydroxylation is 3. The van der Waals surface area contributed by atoms with E-state index in [1.165, 1.54) is 4.88 Å². The first-order chi connectivity index (χ1) is 15.4. The molecule has 0 saturated carbocycles. The summed E-state index contributed by atoms with van der Waals surface area (Å²) in [5.41, 5.74) is 2.64. The van der Waals surface area contributed by atoms with E-state index in [1.807, 2.05) is 32.0 Å². The number of aliphatic hydroxyl groups is 2. The molecule has 3 aromatic rings. The van der Waals surface area contributed by atoms with Crippen molar-refractivity contribution >= 4 is 17.2 Å². The number of hydrogen-bond donors (Lipinski definition) is 3. The number of rotatable bonds is 11. The molecule has 172 valence electrons. The molecule has 9 heteroatoms. The molecule has 0 bridgehead atoms. The lowest BCUT2D eigenvalue weighted by molar-refractivity contribution is -0.124. The molecule has 0 fully saturated rings. The quantitative estimate of drug-likeness (QED) is 0.403. The zero-order valence-electron chi connectivity index (χ0n) is 18.6. The molecule has 0 aliphatic heterocycles. The highest BCUT2D eigenvalue weighted by Crippen LogP contribution is 2.33. The number of carbonyl (C=O) groups is 1. The van der Waals surface area contributed by atoms with Crippen LogP contribution in [0.25, 0.3) is 22.2 Å². The molecule has 1 amide bonds. The molecule has 0 aliphatic rings. The van der Waals surface area contributed by atoms with Gasteiger partial charge >= 0.3 is 0 Å². The first-order valence-corrected chi connectivity index (χ1v) is 11.5. The van der Waals surface area contributed by atoms with Gasteiger partial charge in [-0.05, 0) is 55.2 Å². The second kappa shape index (κ2) is 11.2. The fraction of sp³-hybridized carbons (Fsp3) is 0.435. The van der Waals surface area contributed by atoms with Gasteiger partial charge in [-0.2, -0.15) is 0 Å². The number of aromatic nitrogens is 2. The first kappa shape index (κ1) is 23.9. The number of ether oxygens (including phenoxy) is 1. The minimum absolute atomic E-state index is 0.00539. The summed E-state index contributed by atoms with van der Waals surface area (Å²) in [6.07, 6.45) is 1.95. The molecule has 3 rings (SSSR count). The number of amides is 1. The van der Waals surface area contributed by atoms with Gasteiger partial charge < -0.3 is 24.7 Å². The van der Waals surface area contributed by atoms with Gasteiger partial charge in [0.05, 0.1) is 4.88 Å². The van der Waals surface area contributed by atoms with Gasteiger partial charge in [0, 0.05) is 17.0 Å². The number of thiophene rings is 1. The van der Waals surface area contributed by atoms with Crippen LogP contribution in [0, 0.1) is 6.92 Å². The molecule has 2 aromatic heterocycles. The highest BCUT2D eigenvalue weighted by molar-refractivity contribution is 7.15. The third-order valence-electron chi connectivity index (χ3n) is 4.87. The SMILES string of the molecule is CCCc1ccc(-c2nnc(-c3cc(C)c(OC[C@H](O)CNC(=O)CO)c(CC)c3)o2)s1. The summed E-state index contributed by atoms with van der Waals surface area (Å²) in [4.78, 5) is 13.4. The Morgan fingerprint density at radius 1 is 1.25 bits per heavy atom. The lowest BCUT2D eigenvalue weighted by atomic mass is 10.0. The molecular weight excluding hydrogens is 430 g/mol. The van der Waals surface area contributed by atoms with Crippen molar-refractivity contribution in [3.05, 3.63) is 40.3 Å². The summed E-state index contributed by atoms with van der Waals surface area (Å²) >= 11 is 1.67. The first-order valence-electron chi connectivity index (χ1n) is 10.7. The maximum Gasteiger partial charge on any atom is 0.258 e. The van der Waals surface area contributed by atoms with Gasteiger partial charge in [0.2, 0.25) is 11.8 Å². The van der Waals surface area contributed by atoms with Crippen LogP contribution in [-0.4, -0.2) is 52.2 Å². The Kier molecular flexibility index (Phi) is 8.38. The van der Waals surface area contributed by atoms with Crippen molar-refractivity contribution in [2.75, 3.05) is 19.8 Å². The van der Waals surface area contributed by atoms with Gasteiger partial charge in [0.15, 0.2) is 0 Å². The molecule has 0 saturated heterocycles. The van der Waals surface area contributed by atoms with Crippen molar-refractivity contribution in [2.24, 2.45) is 0 Å². The monoisotopic (exact) mass is 459 g/mol. The third kappa shape index (κ3) is 5.93. The maximum atomic E-state index is 11.1. The number of benzene rings is 1. The highest BCUT2D eigenvalue weighted by atomic mass is 32.1. The average Bonchev–Trinajstić information content (AvgIpc) is 3.46. The largest absolute Gasteiger partial charge is 0.490 e. The van der Waals surface area contributed by atoms with Gasteiger partial charge in [0.1, 0.15) is 25.1 Å². The lowest BCUT2D eigenvalue weighted by Crippen LogP contribution is -2.36. The Labute approximate surface area is 191 Å². The Morgan fingerprint density at radius 2 is 2.03 bits per heavy atom. The van der Waals surface area contributed by atoms with Crippen LogP contribution < -0.4 is 10.1 Å². The van der Waals surface area contributed by atoms with E-state index in [9.17, 15) is 9.90 Å². The zero-order valence-corrected chi connectivity index (χ0v) is 19.4. The Morgan fingerprint density at radius 3 is 2.75 bits per heavy atom. The molecule has 2 heterocycles. The van der Waals surface area contributed by atoms with Crippen molar-refractivity contribution < 1.29 is 24.2 Å². The minimum Gasteiger partial charge on any atom is -0.490 e. The molecule has 3 N–H and O–H groups in total. The third-order valence-corrected chi connectivity index (χ3v) is 6.00. The second-order valence-corrected chi connectivity index (χ2v) is 8.66. The smallest absolute Gasteiger partial charge is 0.258 e. The van der Waals surface area contributed by atoms with E-state index >= 15 is 0 Å². The summed E-state index contributed by atoms with van der Waals surface area (Å²) < 4.78 is 11.8. The van der Waals surface area contributed by atoms with Crippen molar-refractivity contribution in [1.29, 1.82) is 0 Å². The average molecular weight is 460 g/mol. The van der Waals surface area contributed by atoms with Gasteiger partial charge in [-0.25, -0.2) is 0 Å². The second-order valence-electron chi connectivity index (χ2n) is 7.49. The van der Waals surface area contributed by atoms with E-state index in [0.717, 1.165) is 34.4 Å². The summed E-state index contributed by atoms with van der Waals surface area (Å²) in [6, 6.07) is 7.99. The number of hydrogen-bond acceptors (Lipinski definition) is 8. The standard InChI is InChI=1S/C23H29N3O5S/c1-4-6-18-7-8-19(32-18)23-26-25-22(31-23)16-9-14(3)21(15(5-2)10-16)30-13-17(28)11-24-20(29)12-27/h7-10,17,27-28H,4-6,11-13H2,1-3H3,(H,24,29)/t17-/m1/s1. The van der Waals surface area contributed by atoms with Crippen LogP contribution in [0.3, 0.4) is 0 Å². The maximum absolute atomic E-state index is 11.1. The van der Waals surface area contributed by atoms with E-state index in [-0.39, 0.29) is 13.2 Å². The van der Waals surface area contributed by atoms with E-state index in [0.29, 0.717) is 24.0 Å². The van der Waals surface area contributed by atoms with Crippen LogP contribution in [0.5, 0.6) is 5.75 Å².